The molecule has 0 atom stereocenters. The second-order valence-corrected chi connectivity index (χ2v) is 7.98. The number of fused-ring (bicyclic) bond motifs is 1. The van der Waals surface area contributed by atoms with Crippen molar-refractivity contribution >= 4 is 28.3 Å². The molecular weight excluding hydrogens is 404 g/mol. The maximum Gasteiger partial charge on any atom is 0.264 e. The molecule has 8 nitrogen and oxygen atoms in total. The number of nitrogens with zero attached hydrogens (tertiary/aromatic N) is 5. The van der Waals surface area contributed by atoms with Crippen LogP contribution in [0.2, 0.25) is 0 Å². The van der Waals surface area contributed by atoms with Crippen molar-refractivity contribution in [3.05, 3.63) is 76.5 Å². The molecule has 4 rings (SSSR count). The lowest BCUT2D eigenvalue weighted by atomic mass is 10.2. The van der Waals surface area contributed by atoms with E-state index in [4.69, 9.17) is 0 Å². The number of aromatic nitrogens is 4. The molecule has 0 aliphatic rings. The number of rotatable bonds is 6. The van der Waals surface area contributed by atoms with E-state index in [2.05, 4.69) is 15.4 Å². The molecule has 0 aliphatic heterocycles. The number of benzene rings is 2. The minimum atomic E-state index is -0.200. The summed E-state index contributed by atoms with van der Waals surface area (Å²) < 4.78 is 3.19. The molecular formula is C24H26N6O2. The Balaban J connectivity index is 1.51. The fourth-order valence-electron chi connectivity index (χ4n) is 3.52. The zero-order valence-corrected chi connectivity index (χ0v) is 18.7. The van der Waals surface area contributed by atoms with Crippen LogP contribution in [0.3, 0.4) is 0 Å². The van der Waals surface area contributed by atoms with Crippen LogP contribution in [0.15, 0.2) is 59.5 Å². The fourth-order valence-corrected chi connectivity index (χ4v) is 3.52. The molecule has 4 aromatic rings. The van der Waals surface area contributed by atoms with E-state index >= 15 is 0 Å². The van der Waals surface area contributed by atoms with E-state index in [1.807, 2.05) is 74.4 Å². The van der Waals surface area contributed by atoms with Gasteiger partial charge in [0.05, 0.1) is 11.9 Å². The van der Waals surface area contributed by atoms with E-state index in [1.165, 1.54) is 10.8 Å². The number of anilines is 2. The van der Waals surface area contributed by atoms with Crippen molar-refractivity contribution in [3.63, 3.8) is 0 Å². The normalized spacial score (nSPS) is 11.0. The highest BCUT2D eigenvalue weighted by Crippen LogP contribution is 2.17. The smallest absolute Gasteiger partial charge is 0.264 e. The molecule has 0 bridgehead atoms. The van der Waals surface area contributed by atoms with Crippen LogP contribution in [0.1, 0.15) is 17.8 Å². The fraction of sp³-hybridized carbons (Fsp3) is 0.250. The van der Waals surface area contributed by atoms with Gasteiger partial charge in [0.15, 0.2) is 5.65 Å². The SMILES string of the molecule is Cc1ccc(-n2ncc3c(=O)n(CCC(=O)Nc4ccc(N(C)C)cc4)c(C)nc32)cc1. The van der Waals surface area contributed by atoms with Crippen LogP contribution in [0.25, 0.3) is 16.7 Å². The van der Waals surface area contributed by atoms with Crippen molar-refractivity contribution in [3.8, 4) is 5.69 Å². The summed E-state index contributed by atoms with van der Waals surface area (Å²) in [4.78, 5) is 32.1. The molecule has 1 N–H and O–H groups in total. The van der Waals surface area contributed by atoms with Gasteiger partial charge in [-0.1, -0.05) is 17.7 Å². The van der Waals surface area contributed by atoms with Crippen molar-refractivity contribution in [1.29, 1.82) is 0 Å². The van der Waals surface area contributed by atoms with Crippen LogP contribution in [-0.2, 0) is 11.3 Å². The van der Waals surface area contributed by atoms with Crippen LogP contribution < -0.4 is 15.8 Å². The Morgan fingerprint density at radius 2 is 1.72 bits per heavy atom. The summed E-state index contributed by atoms with van der Waals surface area (Å²) in [6, 6.07) is 15.5. The second kappa shape index (κ2) is 8.66. The topological polar surface area (TPSA) is 85.0 Å². The van der Waals surface area contributed by atoms with Gasteiger partial charge in [0.2, 0.25) is 5.91 Å². The summed E-state index contributed by atoms with van der Waals surface area (Å²) in [6.45, 7) is 4.02. The van der Waals surface area contributed by atoms with Crippen LogP contribution >= 0.6 is 0 Å². The monoisotopic (exact) mass is 430 g/mol. The minimum Gasteiger partial charge on any atom is -0.378 e. The van der Waals surface area contributed by atoms with Crippen molar-refractivity contribution in [1.82, 2.24) is 19.3 Å². The Kier molecular flexibility index (Phi) is 5.77. The zero-order valence-electron chi connectivity index (χ0n) is 18.7. The average Bonchev–Trinajstić information content (AvgIpc) is 3.18. The van der Waals surface area contributed by atoms with E-state index < -0.39 is 0 Å². The Bertz CT molecular complexity index is 1320. The molecule has 2 aromatic heterocycles. The number of aryl methyl sites for hydroxylation is 2. The number of carbonyl (C=O) groups excluding carboxylic acids is 1. The van der Waals surface area contributed by atoms with Crippen LogP contribution in [0.4, 0.5) is 11.4 Å². The van der Waals surface area contributed by atoms with Gasteiger partial charge in [-0.3, -0.25) is 14.2 Å². The zero-order chi connectivity index (χ0) is 22.8. The van der Waals surface area contributed by atoms with E-state index in [-0.39, 0.29) is 24.4 Å². The largest absolute Gasteiger partial charge is 0.378 e. The molecule has 32 heavy (non-hydrogen) atoms. The highest BCUT2D eigenvalue weighted by Gasteiger charge is 2.15. The lowest BCUT2D eigenvalue weighted by molar-refractivity contribution is -0.116. The first-order valence-electron chi connectivity index (χ1n) is 10.4. The molecule has 0 saturated heterocycles. The first-order valence-corrected chi connectivity index (χ1v) is 10.4. The third-order valence-corrected chi connectivity index (χ3v) is 5.39. The summed E-state index contributed by atoms with van der Waals surface area (Å²) in [5.74, 6) is 0.379. The highest BCUT2D eigenvalue weighted by molar-refractivity contribution is 5.90. The maximum absolute atomic E-state index is 13.1. The molecule has 164 valence electrons. The van der Waals surface area contributed by atoms with Gasteiger partial charge in [0.25, 0.3) is 5.56 Å². The number of nitrogens with one attached hydrogen (secondary N) is 1. The van der Waals surface area contributed by atoms with Gasteiger partial charge in [-0.25, -0.2) is 9.67 Å². The second-order valence-electron chi connectivity index (χ2n) is 7.98. The van der Waals surface area contributed by atoms with Crippen LogP contribution in [0.5, 0.6) is 0 Å². The number of hydrogen-bond donors (Lipinski definition) is 1. The van der Waals surface area contributed by atoms with Gasteiger partial charge >= 0.3 is 0 Å². The predicted molar refractivity (Wildman–Crippen MR) is 127 cm³/mol. The summed E-state index contributed by atoms with van der Waals surface area (Å²) in [6.07, 6.45) is 1.70. The highest BCUT2D eigenvalue weighted by atomic mass is 16.2. The van der Waals surface area contributed by atoms with Crippen molar-refractivity contribution < 1.29 is 4.79 Å². The molecule has 8 heteroatoms. The summed E-state index contributed by atoms with van der Waals surface area (Å²) in [5, 5.41) is 7.67. The number of hydrogen-bond acceptors (Lipinski definition) is 5. The number of carbonyl (C=O) groups is 1. The summed E-state index contributed by atoms with van der Waals surface area (Å²) in [7, 11) is 3.92. The Labute approximate surface area is 186 Å². The van der Waals surface area contributed by atoms with Crippen LogP contribution in [-0.4, -0.2) is 39.3 Å². The van der Waals surface area contributed by atoms with Crippen molar-refractivity contribution in [2.45, 2.75) is 26.8 Å². The maximum atomic E-state index is 13.1. The minimum absolute atomic E-state index is 0.162. The molecule has 1 amide bonds. The Hall–Kier alpha value is -3.94. The Morgan fingerprint density at radius 1 is 1.03 bits per heavy atom. The lowest BCUT2D eigenvalue weighted by Crippen LogP contribution is -2.26. The van der Waals surface area contributed by atoms with Gasteiger partial charge in [-0.2, -0.15) is 5.10 Å². The average molecular weight is 431 g/mol. The molecule has 0 fully saturated rings. The third kappa shape index (κ3) is 4.25. The van der Waals surface area contributed by atoms with E-state index in [0.717, 1.165) is 22.6 Å². The molecule has 0 radical (unpaired) electrons. The van der Waals surface area contributed by atoms with Crippen molar-refractivity contribution in [2.75, 3.05) is 24.3 Å². The molecule has 0 saturated carbocycles. The predicted octanol–water partition coefficient (Wildman–Crippen LogP) is 3.29. The molecule has 0 unspecified atom stereocenters. The third-order valence-electron chi connectivity index (χ3n) is 5.39. The first kappa shape index (κ1) is 21.3. The lowest BCUT2D eigenvalue weighted by Gasteiger charge is -2.13. The summed E-state index contributed by atoms with van der Waals surface area (Å²) in [5.41, 5.74) is 4.07. The molecule has 0 spiro atoms. The number of amides is 1. The van der Waals surface area contributed by atoms with Crippen LogP contribution in [0, 0.1) is 13.8 Å². The quantitative estimate of drug-likeness (QED) is 0.507. The van der Waals surface area contributed by atoms with Gasteiger partial charge in [-0.15, -0.1) is 0 Å². The van der Waals surface area contributed by atoms with E-state index in [9.17, 15) is 9.59 Å². The summed E-state index contributed by atoms with van der Waals surface area (Å²) >= 11 is 0. The first-order chi connectivity index (χ1) is 15.3. The van der Waals surface area contributed by atoms with Gasteiger partial charge < -0.3 is 10.2 Å². The van der Waals surface area contributed by atoms with E-state index in [0.29, 0.717) is 16.9 Å². The van der Waals surface area contributed by atoms with Gasteiger partial charge in [0, 0.05) is 38.4 Å². The molecule has 2 heterocycles. The molecule has 2 aromatic carbocycles. The van der Waals surface area contributed by atoms with Gasteiger partial charge in [-0.05, 0) is 50.2 Å². The Morgan fingerprint density at radius 3 is 2.38 bits per heavy atom. The van der Waals surface area contributed by atoms with E-state index in [1.54, 1.807) is 11.6 Å². The standard InChI is InChI=1S/C24H26N6O2/c1-16-5-9-20(10-6-16)30-23-21(15-25-30)24(32)29(17(2)26-23)14-13-22(31)27-18-7-11-19(12-8-18)28(3)4/h5-12,15H,13-14H2,1-4H3,(H,27,31). The van der Waals surface area contributed by atoms with Crippen molar-refractivity contribution in [2.24, 2.45) is 0 Å². The molecule has 0 aliphatic carbocycles. The van der Waals surface area contributed by atoms with Gasteiger partial charge in [0.1, 0.15) is 11.2 Å².